The number of rotatable bonds is 3. The summed E-state index contributed by atoms with van der Waals surface area (Å²) in [6.45, 7) is 2.97. The second-order valence-corrected chi connectivity index (χ2v) is 6.33. The quantitative estimate of drug-likeness (QED) is 0.932. The molecule has 0 bridgehead atoms. The van der Waals surface area contributed by atoms with Crippen LogP contribution in [0.25, 0.3) is 0 Å². The molecule has 1 heterocycles. The molecule has 0 radical (unpaired) electrons. The molecule has 22 heavy (non-hydrogen) atoms. The number of hydrogen-bond acceptors (Lipinski definition) is 2. The van der Waals surface area contributed by atoms with Crippen LogP contribution in [0.5, 0.6) is 0 Å². The van der Waals surface area contributed by atoms with E-state index in [-0.39, 0.29) is 5.91 Å². The number of carbonyl (C=O) groups excluding carboxylic acids is 2. The second-order valence-electron chi connectivity index (χ2n) is 6.33. The van der Waals surface area contributed by atoms with Crippen molar-refractivity contribution in [3.63, 3.8) is 0 Å². The van der Waals surface area contributed by atoms with Gasteiger partial charge in [-0.15, -0.1) is 0 Å². The summed E-state index contributed by atoms with van der Waals surface area (Å²) in [5.41, 5.74) is 8.47. The Kier molecular flexibility index (Phi) is 4.05. The van der Waals surface area contributed by atoms with Crippen LogP contribution in [0.2, 0.25) is 0 Å². The van der Waals surface area contributed by atoms with E-state index >= 15 is 0 Å². The third-order valence-electron chi connectivity index (χ3n) is 4.84. The third-order valence-corrected chi connectivity index (χ3v) is 4.84. The first-order chi connectivity index (χ1) is 10.6. The fourth-order valence-corrected chi connectivity index (χ4v) is 3.64. The first kappa shape index (κ1) is 14.9. The predicted octanol–water partition coefficient (Wildman–Crippen LogP) is 2.67. The van der Waals surface area contributed by atoms with Gasteiger partial charge in [0.05, 0.1) is 0 Å². The summed E-state index contributed by atoms with van der Waals surface area (Å²) in [7, 11) is 0. The molecule has 1 saturated carbocycles. The Bertz CT molecular complexity index is 594. The van der Waals surface area contributed by atoms with Crippen molar-refractivity contribution >= 4 is 23.3 Å². The number of primary amides is 1. The van der Waals surface area contributed by atoms with Crippen molar-refractivity contribution in [1.29, 1.82) is 0 Å². The summed E-state index contributed by atoms with van der Waals surface area (Å²) in [6.07, 6.45) is 5.66. The number of carbonyl (C=O) groups is 2. The fourth-order valence-electron chi connectivity index (χ4n) is 3.64. The van der Waals surface area contributed by atoms with Gasteiger partial charge in [-0.2, -0.15) is 0 Å². The lowest BCUT2D eigenvalue weighted by Crippen LogP contribution is -2.39. The number of anilines is 2. The lowest BCUT2D eigenvalue weighted by Gasteiger charge is -2.25. The molecule has 5 nitrogen and oxygen atoms in total. The molecular formula is C17H23N3O2. The van der Waals surface area contributed by atoms with Crippen LogP contribution in [-0.2, 0) is 11.2 Å². The standard InChI is InChI=1S/C17H23N3O2/c1-12(21)19-9-8-14-6-7-15(10-16(14)19)20(17(18)22)11-13-4-2-3-5-13/h6-7,10,13H,2-5,8-9,11H2,1H3,(H2,18,22). The van der Waals surface area contributed by atoms with Crippen LogP contribution >= 0.6 is 0 Å². The molecule has 1 fully saturated rings. The lowest BCUT2D eigenvalue weighted by atomic mass is 10.1. The molecule has 3 amide bonds. The summed E-state index contributed by atoms with van der Waals surface area (Å²) >= 11 is 0. The Morgan fingerprint density at radius 2 is 2.05 bits per heavy atom. The third kappa shape index (κ3) is 2.80. The molecule has 0 aromatic heterocycles. The summed E-state index contributed by atoms with van der Waals surface area (Å²) in [5, 5.41) is 0. The normalized spacial score (nSPS) is 17.6. The molecule has 5 heteroatoms. The molecule has 1 aliphatic heterocycles. The minimum absolute atomic E-state index is 0.0392. The van der Waals surface area contributed by atoms with E-state index in [4.69, 9.17) is 5.73 Å². The van der Waals surface area contributed by atoms with E-state index in [1.54, 1.807) is 16.7 Å². The number of nitrogens with two attached hydrogens (primary N) is 1. The smallest absolute Gasteiger partial charge is 0.319 e. The zero-order valence-corrected chi connectivity index (χ0v) is 13.0. The van der Waals surface area contributed by atoms with Crippen LogP contribution in [-0.4, -0.2) is 25.0 Å². The van der Waals surface area contributed by atoms with Gasteiger partial charge in [0.25, 0.3) is 0 Å². The van der Waals surface area contributed by atoms with E-state index in [0.29, 0.717) is 19.0 Å². The van der Waals surface area contributed by atoms with E-state index in [0.717, 1.165) is 36.2 Å². The van der Waals surface area contributed by atoms with E-state index < -0.39 is 6.03 Å². The average Bonchev–Trinajstić information content (AvgIpc) is 3.12. The van der Waals surface area contributed by atoms with Crippen LogP contribution in [0.3, 0.4) is 0 Å². The molecule has 118 valence electrons. The van der Waals surface area contributed by atoms with Crippen LogP contribution in [0.1, 0.15) is 38.2 Å². The maximum atomic E-state index is 11.9. The highest BCUT2D eigenvalue weighted by Gasteiger charge is 2.26. The first-order valence-corrected chi connectivity index (χ1v) is 8.04. The monoisotopic (exact) mass is 301 g/mol. The predicted molar refractivity (Wildman–Crippen MR) is 87.1 cm³/mol. The molecule has 2 aliphatic rings. The van der Waals surface area contributed by atoms with E-state index in [1.165, 1.54) is 12.8 Å². The summed E-state index contributed by atoms with van der Waals surface area (Å²) in [6, 6.07) is 5.48. The zero-order valence-electron chi connectivity index (χ0n) is 13.0. The highest BCUT2D eigenvalue weighted by molar-refractivity contribution is 5.96. The Labute approximate surface area is 131 Å². The molecule has 1 aromatic carbocycles. The molecule has 0 unspecified atom stereocenters. The van der Waals surface area contributed by atoms with E-state index in [1.807, 2.05) is 18.2 Å². The Morgan fingerprint density at radius 3 is 2.68 bits per heavy atom. The Hall–Kier alpha value is -2.04. The second kappa shape index (κ2) is 5.99. The topological polar surface area (TPSA) is 66.6 Å². The van der Waals surface area contributed by atoms with Gasteiger partial charge in [0, 0.05) is 31.4 Å². The molecular weight excluding hydrogens is 278 g/mol. The van der Waals surface area contributed by atoms with Gasteiger partial charge in [0.1, 0.15) is 0 Å². The number of benzene rings is 1. The van der Waals surface area contributed by atoms with E-state index in [9.17, 15) is 9.59 Å². The summed E-state index contributed by atoms with van der Waals surface area (Å²) in [5.74, 6) is 0.571. The fraction of sp³-hybridized carbons (Fsp3) is 0.529. The number of hydrogen-bond donors (Lipinski definition) is 1. The first-order valence-electron chi connectivity index (χ1n) is 8.04. The van der Waals surface area contributed by atoms with Gasteiger partial charge >= 0.3 is 6.03 Å². The molecule has 2 N–H and O–H groups in total. The van der Waals surface area contributed by atoms with E-state index in [2.05, 4.69) is 0 Å². The Balaban J connectivity index is 1.87. The highest BCUT2D eigenvalue weighted by atomic mass is 16.2. The number of amides is 3. The van der Waals surface area contributed by atoms with Crippen molar-refractivity contribution in [2.75, 3.05) is 22.9 Å². The van der Waals surface area contributed by atoms with Crippen molar-refractivity contribution in [3.8, 4) is 0 Å². The molecule has 3 rings (SSSR count). The molecule has 0 spiro atoms. The summed E-state index contributed by atoms with van der Waals surface area (Å²) < 4.78 is 0. The van der Waals surface area contributed by atoms with Crippen LogP contribution in [0, 0.1) is 5.92 Å². The van der Waals surface area contributed by atoms with Crippen LogP contribution < -0.4 is 15.5 Å². The van der Waals surface area contributed by atoms with Gasteiger partial charge in [-0.05, 0) is 42.9 Å². The van der Waals surface area contributed by atoms with Crippen molar-refractivity contribution in [2.45, 2.75) is 39.0 Å². The molecule has 0 atom stereocenters. The van der Waals surface area contributed by atoms with Crippen LogP contribution in [0.15, 0.2) is 18.2 Å². The van der Waals surface area contributed by atoms with Gasteiger partial charge < -0.3 is 10.6 Å². The summed E-state index contributed by atoms with van der Waals surface area (Å²) in [4.78, 5) is 27.0. The van der Waals surface area contributed by atoms with Gasteiger partial charge in [-0.25, -0.2) is 4.79 Å². The maximum absolute atomic E-state index is 11.9. The number of fused-ring (bicyclic) bond motifs is 1. The zero-order chi connectivity index (χ0) is 15.7. The average molecular weight is 301 g/mol. The minimum atomic E-state index is -0.417. The SMILES string of the molecule is CC(=O)N1CCc2ccc(N(CC3CCCC3)C(N)=O)cc21. The maximum Gasteiger partial charge on any atom is 0.319 e. The lowest BCUT2D eigenvalue weighted by molar-refractivity contribution is -0.116. The molecule has 0 saturated heterocycles. The van der Waals surface area contributed by atoms with Crippen molar-refractivity contribution in [1.82, 2.24) is 0 Å². The van der Waals surface area contributed by atoms with Gasteiger partial charge in [-0.3, -0.25) is 9.69 Å². The molecule has 1 aliphatic carbocycles. The van der Waals surface area contributed by atoms with Crippen molar-refractivity contribution in [3.05, 3.63) is 23.8 Å². The van der Waals surface area contributed by atoms with Crippen molar-refractivity contribution < 1.29 is 9.59 Å². The number of nitrogens with zero attached hydrogens (tertiary/aromatic N) is 2. The van der Waals surface area contributed by atoms with Gasteiger partial charge in [0.2, 0.25) is 5.91 Å². The largest absolute Gasteiger partial charge is 0.351 e. The Morgan fingerprint density at radius 1 is 1.32 bits per heavy atom. The molecule has 1 aromatic rings. The van der Waals surface area contributed by atoms with Crippen molar-refractivity contribution in [2.24, 2.45) is 11.7 Å². The highest BCUT2D eigenvalue weighted by Crippen LogP contribution is 2.33. The van der Waals surface area contributed by atoms with Gasteiger partial charge in [-0.1, -0.05) is 18.9 Å². The van der Waals surface area contributed by atoms with Crippen LogP contribution in [0.4, 0.5) is 16.2 Å². The van der Waals surface area contributed by atoms with Gasteiger partial charge in [0.15, 0.2) is 0 Å². The number of urea groups is 1. The minimum Gasteiger partial charge on any atom is -0.351 e.